The molecule has 0 bridgehead atoms. The van der Waals surface area contributed by atoms with E-state index in [1.807, 2.05) is 0 Å². The topological polar surface area (TPSA) is 43.0 Å². The third-order valence-electron chi connectivity index (χ3n) is 5.09. The molecule has 1 N–H and O–H groups in total. The Kier molecular flexibility index (Phi) is 5.88. The summed E-state index contributed by atoms with van der Waals surface area (Å²) in [7, 11) is 0. The SMILES string of the molecule is CCOC1CC(CNCC2=CCCOC2)(N2CCOCC2)C1. The number of nitrogens with one attached hydrogen (secondary N) is 1. The lowest BCUT2D eigenvalue weighted by molar-refractivity contribution is -0.125. The van der Waals surface area contributed by atoms with E-state index in [1.54, 1.807) is 0 Å². The summed E-state index contributed by atoms with van der Waals surface area (Å²) >= 11 is 0. The zero-order valence-electron chi connectivity index (χ0n) is 13.8. The van der Waals surface area contributed by atoms with Crippen LogP contribution in [-0.2, 0) is 14.2 Å². The molecule has 2 heterocycles. The van der Waals surface area contributed by atoms with Crippen molar-refractivity contribution in [3.05, 3.63) is 11.6 Å². The van der Waals surface area contributed by atoms with Gasteiger partial charge in [-0.2, -0.15) is 0 Å². The van der Waals surface area contributed by atoms with Crippen LogP contribution in [0.4, 0.5) is 0 Å². The third kappa shape index (κ3) is 3.89. The van der Waals surface area contributed by atoms with Crippen molar-refractivity contribution < 1.29 is 14.2 Å². The number of morpholine rings is 1. The molecular weight excluding hydrogens is 280 g/mol. The Balaban J connectivity index is 1.51. The first-order valence-electron chi connectivity index (χ1n) is 8.73. The Labute approximate surface area is 134 Å². The van der Waals surface area contributed by atoms with E-state index in [0.717, 1.165) is 78.5 Å². The van der Waals surface area contributed by atoms with Gasteiger partial charge in [-0.3, -0.25) is 4.90 Å². The molecule has 0 atom stereocenters. The Bertz CT molecular complexity index is 374. The van der Waals surface area contributed by atoms with Gasteiger partial charge < -0.3 is 19.5 Å². The van der Waals surface area contributed by atoms with Crippen LogP contribution in [0.2, 0.25) is 0 Å². The average molecular weight is 310 g/mol. The van der Waals surface area contributed by atoms with Crippen LogP contribution in [0, 0.1) is 0 Å². The molecule has 0 radical (unpaired) electrons. The van der Waals surface area contributed by atoms with Crippen molar-refractivity contribution in [2.24, 2.45) is 0 Å². The molecule has 1 saturated heterocycles. The van der Waals surface area contributed by atoms with Gasteiger partial charge in [-0.15, -0.1) is 0 Å². The second-order valence-electron chi connectivity index (χ2n) is 6.62. The smallest absolute Gasteiger partial charge is 0.0689 e. The first-order chi connectivity index (χ1) is 10.8. The van der Waals surface area contributed by atoms with Crippen LogP contribution in [0.1, 0.15) is 26.2 Å². The molecule has 5 heteroatoms. The summed E-state index contributed by atoms with van der Waals surface area (Å²) < 4.78 is 16.8. The zero-order chi connectivity index (χ0) is 15.3. The van der Waals surface area contributed by atoms with E-state index < -0.39 is 0 Å². The number of nitrogens with zero attached hydrogens (tertiary/aromatic N) is 1. The number of ether oxygens (including phenoxy) is 3. The molecular formula is C17H30N2O3. The molecule has 2 fully saturated rings. The van der Waals surface area contributed by atoms with Gasteiger partial charge in [0.1, 0.15) is 0 Å². The van der Waals surface area contributed by atoms with Gasteiger partial charge in [0.05, 0.1) is 32.5 Å². The van der Waals surface area contributed by atoms with Gasteiger partial charge >= 0.3 is 0 Å². The van der Waals surface area contributed by atoms with Crippen molar-refractivity contribution >= 4 is 0 Å². The highest BCUT2D eigenvalue weighted by molar-refractivity contribution is 5.09. The molecule has 126 valence electrons. The lowest BCUT2D eigenvalue weighted by Gasteiger charge is -2.55. The summed E-state index contributed by atoms with van der Waals surface area (Å²) in [6.45, 7) is 10.4. The van der Waals surface area contributed by atoms with Crippen LogP contribution in [-0.4, -0.2) is 75.8 Å². The molecule has 0 aromatic heterocycles. The molecule has 5 nitrogen and oxygen atoms in total. The number of hydrogen-bond donors (Lipinski definition) is 1. The maximum Gasteiger partial charge on any atom is 0.0689 e. The summed E-state index contributed by atoms with van der Waals surface area (Å²) in [6, 6.07) is 0. The fourth-order valence-corrected chi connectivity index (χ4v) is 3.88. The lowest BCUT2D eigenvalue weighted by Crippen LogP contribution is -2.66. The highest BCUT2D eigenvalue weighted by Crippen LogP contribution is 2.39. The van der Waals surface area contributed by atoms with Crippen molar-refractivity contribution in [3.63, 3.8) is 0 Å². The third-order valence-corrected chi connectivity index (χ3v) is 5.09. The van der Waals surface area contributed by atoms with E-state index in [1.165, 1.54) is 5.57 Å². The van der Waals surface area contributed by atoms with Crippen molar-refractivity contribution in [2.75, 3.05) is 59.2 Å². The van der Waals surface area contributed by atoms with Gasteiger partial charge in [-0.05, 0) is 31.8 Å². The van der Waals surface area contributed by atoms with Crippen molar-refractivity contribution in [1.82, 2.24) is 10.2 Å². The number of hydrogen-bond acceptors (Lipinski definition) is 5. The standard InChI is InChI=1S/C17H30N2O3/c1-2-22-16-10-17(11-16,19-5-8-20-9-6-19)14-18-12-15-4-3-7-21-13-15/h4,16,18H,2-3,5-14H2,1H3. The minimum atomic E-state index is 0.264. The van der Waals surface area contributed by atoms with E-state index >= 15 is 0 Å². The summed E-state index contributed by atoms with van der Waals surface area (Å²) in [5.74, 6) is 0. The summed E-state index contributed by atoms with van der Waals surface area (Å²) in [5.41, 5.74) is 1.66. The average Bonchev–Trinajstić information content (AvgIpc) is 2.54. The van der Waals surface area contributed by atoms with Gasteiger partial charge in [0, 0.05) is 38.3 Å². The van der Waals surface area contributed by atoms with Crippen molar-refractivity contribution in [1.29, 1.82) is 0 Å². The van der Waals surface area contributed by atoms with Crippen LogP contribution < -0.4 is 5.32 Å². The molecule has 3 rings (SSSR count). The van der Waals surface area contributed by atoms with Gasteiger partial charge in [0.2, 0.25) is 0 Å². The van der Waals surface area contributed by atoms with Gasteiger partial charge in [0.25, 0.3) is 0 Å². The van der Waals surface area contributed by atoms with E-state index in [-0.39, 0.29) is 5.54 Å². The molecule has 0 aromatic rings. The Morgan fingerprint density at radius 2 is 2.09 bits per heavy atom. The Morgan fingerprint density at radius 3 is 2.77 bits per heavy atom. The first-order valence-corrected chi connectivity index (χ1v) is 8.73. The minimum Gasteiger partial charge on any atom is -0.379 e. The quantitative estimate of drug-likeness (QED) is 0.716. The minimum absolute atomic E-state index is 0.264. The molecule has 1 saturated carbocycles. The zero-order valence-corrected chi connectivity index (χ0v) is 13.8. The van der Waals surface area contributed by atoms with Gasteiger partial charge in [-0.1, -0.05) is 6.08 Å². The molecule has 22 heavy (non-hydrogen) atoms. The van der Waals surface area contributed by atoms with Gasteiger partial charge in [-0.25, -0.2) is 0 Å². The fourth-order valence-electron chi connectivity index (χ4n) is 3.88. The van der Waals surface area contributed by atoms with Crippen molar-refractivity contribution in [2.45, 2.75) is 37.8 Å². The van der Waals surface area contributed by atoms with E-state index in [2.05, 4.69) is 23.2 Å². The molecule has 2 aliphatic heterocycles. The molecule has 0 spiro atoms. The highest BCUT2D eigenvalue weighted by Gasteiger charge is 2.48. The summed E-state index contributed by atoms with van der Waals surface area (Å²) in [5, 5.41) is 3.67. The van der Waals surface area contributed by atoms with Crippen LogP contribution in [0.5, 0.6) is 0 Å². The second kappa shape index (κ2) is 7.88. The van der Waals surface area contributed by atoms with Crippen LogP contribution in [0.25, 0.3) is 0 Å². The van der Waals surface area contributed by atoms with E-state index in [9.17, 15) is 0 Å². The van der Waals surface area contributed by atoms with E-state index in [4.69, 9.17) is 14.2 Å². The van der Waals surface area contributed by atoms with Crippen LogP contribution in [0.15, 0.2) is 11.6 Å². The predicted octanol–water partition coefficient (Wildman–Crippen LogP) is 1.19. The predicted molar refractivity (Wildman–Crippen MR) is 86.2 cm³/mol. The Morgan fingerprint density at radius 1 is 1.27 bits per heavy atom. The highest BCUT2D eigenvalue weighted by atomic mass is 16.5. The lowest BCUT2D eigenvalue weighted by atomic mass is 9.72. The first kappa shape index (κ1) is 16.4. The number of rotatable bonds is 7. The summed E-state index contributed by atoms with van der Waals surface area (Å²) in [6.07, 6.45) is 6.10. The monoisotopic (exact) mass is 310 g/mol. The molecule has 1 aliphatic carbocycles. The van der Waals surface area contributed by atoms with Crippen LogP contribution >= 0.6 is 0 Å². The second-order valence-corrected chi connectivity index (χ2v) is 6.62. The van der Waals surface area contributed by atoms with Crippen LogP contribution in [0.3, 0.4) is 0 Å². The van der Waals surface area contributed by atoms with Crippen molar-refractivity contribution in [3.8, 4) is 0 Å². The molecule has 3 aliphatic rings. The largest absolute Gasteiger partial charge is 0.379 e. The van der Waals surface area contributed by atoms with E-state index in [0.29, 0.717) is 6.10 Å². The van der Waals surface area contributed by atoms with Gasteiger partial charge in [0.15, 0.2) is 0 Å². The maximum atomic E-state index is 5.80. The maximum absolute atomic E-state index is 5.80. The Hall–Kier alpha value is -0.460. The normalized spacial score (nSPS) is 33.3. The molecule has 0 aromatic carbocycles. The summed E-state index contributed by atoms with van der Waals surface area (Å²) in [4.78, 5) is 2.62. The molecule has 0 unspecified atom stereocenters. The fraction of sp³-hybridized carbons (Fsp3) is 0.882. The molecule has 0 amide bonds.